The van der Waals surface area contributed by atoms with Crippen LogP contribution >= 0.6 is 11.8 Å². The number of carbonyl (C=O) groups is 1. The highest BCUT2D eigenvalue weighted by Gasteiger charge is 2.20. The van der Waals surface area contributed by atoms with Crippen LogP contribution in [0.5, 0.6) is 0 Å². The van der Waals surface area contributed by atoms with Gasteiger partial charge in [-0.1, -0.05) is 17.8 Å². The first-order valence-electron chi connectivity index (χ1n) is 8.14. The minimum atomic E-state index is -0.318. The summed E-state index contributed by atoms with van der Waals surface area (Å²) < 4.78 is 20.1. The van der Waals surface area contributed by atoms with Gasteiger partial charge >= 0.3 is 5.97 Å². The SMILES string of the molecule is CCOC(=O)Cc1c(C)nc2c(Sc3cccc(F)c3)c(N)nn2c1C. The molecule has 0 spiro atoms. The summed E-state index contributed by atoms with van der Waals surface area (Å²) in [7, 11) is 0. The lowest BCUT2D eigenvalue weighted by Crippen LogP contribution is -2.13. The summed E-state index contributed by atoms with van der Waals surface area (Å²) in [6.07, 6.45) is 0.126. The molecule has 0 saturated carbocycles. The summed E-state index contributed by atoms with van der Waals surface area (Å²) in [4.78, 5) is 17.8. The van der Waals surface area contributed by atoms with Crippen LogP contribution in [-0.4, -0.2) is 27.2 Å². The molecule has 2 N–H and O–H groups in total. The minimum absolute atomic E-state index is 0.126. The van der Waals surface area contributed by atoms with Gasteiger partial charge in [-0.15, -0.1) is 5.10 Å². The zero-order valence-electron chi connectivity index (χ0n) is 14.7. The van der Waals surface area contributed by atoms with Gasteiger partial charge in [-0.05, 0) is 39.0 Å². The Labute approximate surface area is 154 Å². The molecule has 0 saturated heterocycles. The van der Waals surface area contributed by atoms with Gasteiger partial charge in [-0.25, -0.2) is 13.9 Å². The number of aromatic nitrogens is 3. The number of ether oxygens (including phenoxy) is 1. The molecule has 6 nitrogen and oxygen atoms in total. The van der Waals surface area contributed by atoms with Crippen molar-refractivity contribution in [1.29, 1.82) is 0 Å². The van der Waals surface area contributed by atoms with Crippen LogP contribution in [0.2, 0.25) is 0 Å². The van der Waals surface area contributed by atoms with Crippen molar-refractivity contribution in [3.8, 4) is 0 Å². The molecule has 0 aliphatic carbocycles. The van der Waals surface area contributed by atoms with Gasteiger partial charge in [0.2, 0.25) is 0 Å². The van der Waals surface area contributed by atoms with Gasteiger partial charge in [0.25, 0.3) is 0 Å². The first-order valence-corrected chi connectivity index (χ1v) is 8.95. The van der Waals surface area contributed by atoms with Crippen LogP contribution in [0.1, 0.15) is 23.9 Å². The number of benzene rings is 1. The second-order valence-corrected chi connectivity index (χ2v) is 6.84. The average molecular weight is 374 g/mol. The van der Waals surface area contributed by atoms with Crippen LogP contribution in [0, 0.1) is 19.7 Å². The van der Waals surface area contributed by atoms with Crippen molar-refractivity contribution in [3.63, 3.8) is 0 Å². The standard InChI is InChI=1S/C18H19FN4O2S/c1-4-25-15(24)9-14-10(2)21-18-16(17(20)22-23(18)11(14)3)26-13-7-5-6-12(19)8-13/h5-8H,4,9H2,1-3H3,(H2,20,22). The van der Waals surface area contributed by atoms with Crippen molar-refractivity contribution in [2.24, 2.45) is 0 Å². The predicted molar refractivity (Wildman–Crippen MR) is 97.7 cm³/mol. The second kappa shape index (κ2) is 7.33. The largest absolute Gasteiger partial charge is 0.466 e. The van der Waals surface area contributed by atoms with E-state index in [4.69, 9.17) is 10.5 Å². The molecule has 8 heteroatoms. The van der Waals surface area contributed by atoms with Crippen LogP contribution in [0.15, 0.2) is 34.1 Å². The molecule has 0 amide bonds. The van der Waals surface area contributed by atoms with E-state index < -0.39 is 0 Å². The molecule has 0 aliphatic rings. The third kappa shape index (κ3) is 3.50. The highest BCUT2D eigenvalue weighted by atomic mass is 32.2. The molecular formula is C18H19FN4O2S. The summed E-state index contributed by atoms with van der Waals surface area (Å²) in [5.74, 6) is -0.320. The zero-order valence-corrected chi connectivity index (χ0v) is 15.6. The molecule has 3 aromatic rings. The fraction of sp³-hybridized carbons (Fsp3) is 0.278. The lowest BCUT2D eigenvalue weighted by Gasteiger charge is -2.11. The average Bonchev–Trinajstić information content (AvgIpc) is 2.88. The Bertz CT molecular complexity index is 987. The van der Waals surface area contributed by atoms with Crippen molar-refractivity contribution < 1.29 is 13.9 Å². The molecule has 2 heterocycles. The number of rotatable bonds is 5. The molecule has 0 atom stereocenters. The third-order valence-electron chi connectivity index (χ3n) is 3.95. The van der Waals surface area contributed by atoms with E-state index in [-0.39, 0.29) is 18.2 Å². The number of nitrogens with two attached hydrogens (primary N) is 1. The number of nitrogen functional groups attached to an aromatic ring is 1. The second-order valence-electron chi connectivity index (χ2n) is 5.75. The Hall–Kier alpha value is -2.61. The third-order valence-corrected chi connectivity index (χ3v) is 5.04. The Morgan fingerprint density at radius 3 is 2.85 bits per heavy atom. The molecule has 0 fully saturated rings. The summed E-state index contributed by atoms with van der Waals surface area (Å²) in [6, 6.07) is 6.26. The summed E-state index contributed by atoms with van der Waals surface area (Å²) in [6.45, 7) is 5.79. The highest BCUT2D eigenvalue weighted by molar-refractivity contribution is 7.99. The van der Waals surface area contributed by atoms with E-state index in [9.17, 15) is 9.18 Å². The minimum Gasteiger partial charge on any atom is -0.466 e. The number of fused-ring (bicyclic) bond motifs is 1. The zero-order chi connectivity index (χ0) is 18.8. The first kappa shape index (κ1) is 18.2. The first-order chi connectivity index (χ1) is 12.4. The van der Waals surface area contributed by atoms with Gasteiger partial charge in [0.15, 0.2) is 11.5 Å². The predicted octanol–water partition coefficient (Wildman–Crippen LogP) is 3.32. The molecule has 3 rings (SSSR count). The van der Waals surface area contributed by atoms with Gasteiger partial charge in [-0.2, -0.15) is 0 Å². The van der Waals surface area contributed by atoms with Crippen molar-refractivity contribution in [2.75, 3.05) is 12.3 Å². The monoisotopic (exact) mass is 374 g/mol. The number of hydrogen-bond acceptors (Lipinski definition) is 6. The maximum Gasteiger partial charge on any atom is 0.310 e. The number of halogens is 1. The number of aryl methyl sites for hydroxylation is 2. The topological polar surface area (TPSA) is 82.5 Å². The van der Waals surface area contributed by atoms with E-state index in [0.717, 1.165) is 11.3 Å². The van der Waals surface area contributed by atoms with Crippen LogP contribution in [0.4, 0.5) is 10.2 Å². The van der Waals surface area contributed by atoms with Gasteiger partial charge in [-0.3, -0.25) is 4.79 Å². The number of carbonyl (C=O) groups excluding carboxylic acids is 1. The van der Waals surface area contributed by atoms with E-state index >= 15 is 0 Å². The molecule has 2 aromatic heterocycles. The summed E-state index contributed by atoms with van der Waals surface area (Å²) >= 11 is 1.31. The van der Waals surface area contributed by atoms with Crippen molar-refractivity contribution in [1.82, 2.24) is 14.6 Å². The summed E-state index contributed by atoms with van der Waals surface area (Å²) in [5, 5.41) is 4.35. The Morgan fingerprint density at radius 2 is 2.15 bits per heavy atom. The lowest BCUT2D eigenvalue weighted by molar-refractivity contribution is -0.142. The Balaban J connectivity index is 2.05. The van der Waals surface area contributed by atoms with E-state index in [1.165, 1.54) is 23.9 Å². The molecule has 0 radical (unpaired) electrons. The number of anilines is 1. The highest BCUT2D eigenvalue weighted by Crippen LogP contribution is 2.35. The van der Waals surface area contributed by atoms with E-state index in [1.54, 1.807) is 23.6 Å². The van der Waals surface area contributed by atoms with Crippen molar-refractivity contribution in [3.05, 3.63) is 47.0 Å². The summed E-state index contributed by atoms with van der Waals surface area (Å²) in [5.41, 5.74) is 8.91. The Kier molecular flexibility index (Phi) is 5.13. The fourth-order valence-electron chi connectivity index (χ4n) is 2.72. The van der Waals surface area contributed by atoms with E-state index in [1.807, 2.05) is 13.8 Å². The normalized spacial score (nSPS) is 11.1. The van der Waals surface area contributed by atoms with E-state index in [2.05, 4.69) is 10.1 Å². The molecule has 0 bridgehead atoms. The molecule has 0 aliphatic heterocycles. The molecular weight excluding hydrogens is 355 g/mol. The number of nitrogens with zero attached hydrogens (tertiary/aromatic N) is 3. The molecule has 1 aromatic carbocycles. The van der Waals surface area contributed by atoms with Gasteiger partial charge in [0, 0.05) is 21.8 Å². The van der Waals surface area contributed by atoms with Crippen LogP contribution in [-0.2, 0) is 16.0 Å². The molecule has 0 unspecified atom stereocenters. The van der Waals surface area contributed by atoms with Gasteiger partial charge in [0.05, 0.1) is 13.0 Å². The smallest absolute Gasteiger partial charge is 0.310 e. The van der Waals surface area contributed by atoms with Crippen LogP contribution in [0.25, 0.3) is 5.65 Å². The van der Waals surface area contributed by atoms with E-state index in [0.29, 0.717) is 33.6 Å². The maximum absolute atomic E-state index is 13.5. The van der Waals surface area contributed by atoms with Gasteiger partial charge < -0.3 is 10.5 Å². The Morgan fingerprint density at radius 1 is 1.38 bits per heavy atom. The number of hydrogen-bond donors (Lipinski definition) is 1. The van der Waals surface area contributed by atoms with Crippen molar-refractivity contribution >= 4 is 29.2 Å². The van der Waals surface area contributed by atoms with Crippen LogP contribution in [0.3, 0.4) is 0 Å². The lowest BCUT2D eigenvalue weighted by atomic mass is 10.1. The van der Waals surface area contributed by atoms with Crippen molar-refractivity contribution in [2.45, 2.75) is 37.0 Å². The van der Waals surface area contributed by atoms with Gasteiger partial charge in [0.1, 0.15) is 10.7 Å². The molecule has 136 valence electrons. The maximum atomic E-state index is 13.5. The fourth-order valence-corrected chi connectivity index (χ4v) is 3.64. The quantitative estimate of drug-likeness (QED) is 0.690. The number of esters is 1. The van der Waals surface area contributed by atoms with Crippen LogP contribution < -0.4 is 5.73 Å². The molecule has 26 heavy (non-hydrogen) atoms.